The van der Waals surface area contributed by atoms with Crippen molar-refractivity contribution < 1.29 is 14.3 Å². The molecule has 154 valence electrons. The van der Waals surface area contributed by atoms with E-state index in [0.29, 0.717) is 16.3 Å². The summed E-state index contributed by atoms with van der Waals surface area (Å²) < 4.78 is 5.16. The summed E-state index contributed by atoms with van der Waals surface area (Å²) in [6.07, 6.45) is 1.21. The molecule has 1 heterocycles. The third-order valence-corrected chi connectivity index (χ3v) is 4.27. The van der Waals surface area contributed by atoms with Gasteiger partial charge in [-0.3, -0.25) is 31.3 Å². The zero-order valence-corrected chi connectivity index (χ0v) is 16.5. The van der Waals surface area contributed by atoms with Crippen molar-refractivity contribution in [1.29, 1.82) is 0 Å². The van der Waals surface area contributed by atoms with Crippen LogP contribution in [0.2, 0.25) is 5.02 Å². The van der Waals surface area contributed by atoms with E-state index in [1.54, 1.807) is 48.5 Å². The molecule has 0 saturated carbocycles. The van der Waals surface area contributed by atoms with Gasteiger partial charge in [0.25, 0.3) is 11.8 Å². The summed E-state index contributed by atoms with van der Waals surface area (Å²) in [7, 11) is 1.47. The lowest BCUT2D eigenvalue weighted by Gasteiger charge is -2.14. The molecule has 0 unspecified atom stereocenters. The molecule has 3 aromatic rings. The Kier molecular flexibility index (Phi) is 6.50. The number of hydrazine groups is 2. The van der Waals surface area contributed by atoms with Gasteiger partial charge in [0.1, 0.15) is 17.8 Å². The van der Waals surface area contributed by atoms with Gasteiger partial charge in [0.15, 0.2) is 11.6 Å². The molecule has 0 aliphatic heterocycles. The number of nitrogens with zero attached hydrogens (tertiary/aromatic N) is 2. The molecule has 0 fully saturated rings. The maximum absolute atomic E-state index is 12.4. The second kappa shape index (κ2) is 9.43. The van der Waals surface area contributed by atoms with Crippen LogP contribution >= 0.6 is 11.6 Å². The Morgan fingerprint density at radius 1 is 0.900 bits per heavy atom. The van der Waals surface area contributed by atoms with E-state index in [1.165, 1.54) is 13.4 Å². The molecule has 0 bridgehead atoms. The lowest BCUT2D eigenvalue weighted by molar-refractivity contribution is 0.0953. The highest BCUT2D eigenvalue weighted by atomic mass is 35.5. The summed E-state index contributed by atoms with van der Waals surface area (Å²) in [5.41, 5.74) is 16.9. The van der Waals surface area contributed by atoms with Gasteiger partial charge in [-0.1, -0.05) is 35.9 Å². The number of aromatic nitrogens is 2. The van der Waals surface area contributed by atoms with Crippen LogP contribution in [0.5, 0.6) is 5.75 Å². The van der Waals surface area contributed by atoms with Crippen molar-refractivity contribution in [1.82, 2.24) is 20.8 Å². The molecule has 30 heavy (non-hydrogen) atoms. The lowest BCUT2D eigenvalue weighted by atomic mass is 10.2. The van der Waals surface area contributed by atoms with Crippen LogP contribution in [0.15, 0.2) is 54.9 Å². The van der Waals surface area contributed by atoms with E-state index < -0.39 is 11.8 Å². The Labute approximate surface area is 176 Å². The smallest absolute Gasteiger partial charge is 0.273 e. The van der Waals surface area contributed by atoms with Gasteiger partial charge in [-0.2, -0.15) is 0 Å². The molecule has 2 amide bonds. The molecule has 0 spiro atoms. The fourth-order valence-electron chi connectivity index (χ4n) is 2.44. The fraction of sp³-hybridized carbons (Fsp3) is 0.0526. The number of nitrogens with two attached hydrogens (primary N) is 1. The molecule has 10 nitrogen and oxygen atoms in total. The minimum absolute atomic E-state index is 0.0669. The van der Waals surface area contributed by atoms with Crippen LogP contribution in [-0.4, -0.2) is 28.9 Å². The monoisotopic (exact) mass is 427 g/mol. The zero-order chi connectivity index (χ0) is 21.5. The quantitative estimate of drug-likeness (QED) is 0.361. The lowest BCUT2D eigenvalue weighted by Crippen LogP contribution is -2.32. The topological polar surface area (TPSA) is 143 Å². The highest BCUT2D eigenvalue weighted by molar-refractivity contribution is 6.33. The molecule has 1 aromatic heterocycles. The summed E-state index contributed by atoms with van der Waals surface area (Å²) in [4.78, 5) is 32.6. The van der Waals surface area contributed by atoms with Crippen LogP contribution in [-0.2, 0) is 0 Å². The number of anilines is 3. The second-order valence-electron chi connectivity index (χ2n) is 5.82. The average molecular weight is 428 g/mol. The summed E-state index contributed by atoms with van der Waals surface area (Å²) in [5.74, 6) is -0.260. The van der Waals surface area contributed by atoms with Crippen molar-refractivity contribution in [2.75, 3.05) is 23.7 Å². The number of rotatable bonds is 7. The van der Waals surface area contributed by atoms with Gasteiger partial charge >= 0.3 is 0 Å². The Morgan fingerprint density at radius 3 is 2.03 bits per heavy atom. The predicted octanol–water partition coefficient (Wildman–Crippen LogP) is 2.23. The van der Waals surface area contributed by atoms with E-state index in [0.717, 1.165) is 0 Å². The van der Waals surface area contributed by atoms with Gasteiger partial charge in [0.05, 0.1) is 23.3 Å². The van der Waals surface area contributed by atoms with E-state index in [4.69, 9.17) is 22.1 Å². The summed E-state index contributed by atoms with van der Waals surface area (Å²) >= 11 is 6.00. The summed E-state index contributed by atoms with van der Waals surface area (Å²) in [6, 6.07) is 13.3. The molecule has 0 saturated heterocycles. The standard InChI is InChI=1S/C19H18ClN7O3/c1-30-14-9-5-3-7-12(14)19(29)27-25-17-15(21)16(22-10-23-17)24-26-18(28)11-6-2-4-8-13(11)20/h2-10H,21H2,1H3,(H,26,28)(H,27,29)(H2,22,23,24,25). The highest BCUT2D eigenvalue weighted by Gasteiger charge is 2.14. The summed E-state index contributed by atoms with van der Waals surface area (Å²) in [6.45, 7) is 0. The average Bonchev–Trinajstić information content (AvgIpc) is 2.77. The van der Waals surface area contributed by atoms with E-state index >= 15 is 0 Å². The molecule has 11 heteroatoms. The number of carbonyl (C=O) groups excluding carboxylic acids is 2. The molecular formula is C19H18ClN7O3. The van der Waals surface area contributed by atoms with Crippen LogP contribution in [0.25, 0.3) is 0 Å². The van der Waals surface area contributed by atoms with Crippen LogP contribution in [0.3, 0.4) is 0 Å². The van der Waals surface area contributed by atoms with E-state index in [2.05, 4.69) is 31.7 Å². The van der Waals surface area contributed by atoms with Crippen molar-refractivity contribution >= 4 is 40.7 Å². The number of hydrogen-bond donors (Lipinski definition) is 5. The van der Waals surface area contributed by atoms with Crippen molar-refractivity contribution in [3.05, 3.63) is 71.0 Å². The van der Waals surface area contributed by atoms with Crippen molar-refractivity contribution in [2.24, 2.45) is 0 Å². The number of benzene rings is 2. The van der Waals surface area contributed by atoms with E-state index in [1.807, 2.05) is 0 Å². The van der Waals surface area contributed by atoms with Gasteiger partial charge in [0, 0.05) is 0 Å². The number of amides is 2. The molecule has 6 N–H and O–H groups in total. The molecule has 0 atom stereocenters. The van der Waals surface area contributed by atoms with E-state index in [9.17, 15) is 9.59 Å². The van der Waals surface area contributed by atoms with Gasteiger partial charge in [0.2, 0.25) is 0 Å². The first kappa shape index (κ1) is 20.7. The fourth-order valence-corrected chi connectivity index (χ4v) is 2.66. The van der Waals surface area contributed by atoms with Gasteiger partial charge in [-0.05, 0) is 24.3 Å². The van der Waals surface area contributed by atoms with E-state index in [-0.39, 0.29) is 22.9 Å². The Morgan fingerprint density at radius 2 is 1.43 bits per heavy atom. The predicted molar refractivity (Wildman–Crippen MR) is 113 cm³/mol. The number of hydrogen-bond acceptors (Lipinski definition) is 8. The van der Waals surface area contributed by atoms with Crippen molar-refractivity contribution in [2.45, 2.75) is 0 Å². The maximum atomic E-state index is 12.4. The third kappa shape index (κ3) is 4.67. The van der Waals surface area contributed by atoms with Gasteiger partial charge in [-0.25, -0.2) is 9.97 Å². The molecule has 0 aliphatic rings. The Hall–Kier alpha value is -4.05. The zero-order valence-electron chi connectivity index (χ0n) is 15.8. The number of ether oxygens (including phenoxy) is 1. The maximum Gasteiger partial charge on any atom is 0.273 e. The number of para-hydroxylation sites is 1. The summed E-state index contributed by atoms with van der Waals surface area (Å²) in [5, 5.41) is 0.300. The first-order valence-corrected chi connectivity index (χ1v) is 8.99. The SMILES string of the molecule is COc1ccccc1C(=O)NNc1ncnc(NNC(=O)c2ccccc2Cl)c1N. The Bertz CT molecular complexity index is 1080. The first-order valence-electron chi connectivity index (χ1n) is 8.62. The molecule has 0 aliphatic carbocycles. The molecule has 0 radical (unpaired) electrons. The van der Waals surface area contributed by atoms with Gasteiger partial charge < -0.3 is 10.5 Å². The number of nitrogens with one attached hydrogen (secondary N) is 4. The van der Waals surface area contributed by atoms with Crippen molar-refractivity contribution in [3.63, 3.8) is 0 Å². The number of nitrogen functional groups attached to an aromatic ring is 1. The highest BCUT2D eigenvalue weighted by Crippen LogP contribution is 2.22. The second-order valence-corrected chi connectivity index (χ2v) is 6.23. The van der Waals surface area contributed by atoms with Crippen LogP contribution in [0.4, 0.5) is 17.3 Å². The number of halogens is 1. The number of carbonyl (C=O) groups is 2. The third-order valence-electron chi connectivity index (χ3n) is 3.94. The first-order chi connectivity index (χ1) is 14.5. The van der Waals surface area contributed by atoms with Crippen LogP contribution in [0.1, 0.15) is 20.7 Å². The minimum Gasteiger partial charge on any atom is -0.496 e. The van der Waals surface area contributed by atoms with Crippen LogP contribution < -0.4 is 32.2 Å². The Balaban J connectivity index is 1.65. The molecule has 3 rings (SSSR count). The number of methoxy groups -OCH3 is 1. The largest absolute Gasteiger partial charge is 0.496 e. The molecular weight excluding hydrogens is 410 g/mol. The normalized spacial score (nSPS) is 10.1. The van der Waals surface area contributed by atoms with Gasteiger partial charge in [-0.15, -0.1) is 0 Å². The minimum atomic E-state index is -0.474. The molecule has 2 aromatic carbocycles. The van der Waals surface area contributed by atoms with Crippen molar-refractivity contribution in [3.8, 4) is 5.75 Å². The van der Waals surface area contributed by atoms with Crippen LogP contribution in [0, 0.1) is 0 Å².